The summed E-state index contributed by atoms with van der Waals surface area (Å²) in [7, 11) is 0. The molecule has 0 amide bonds. The van der Waals surface area contributed by atoms with E-state index in [-0.39, 0.29) is 0 Å². The largest absolute Gasteiger partial charge is 0.356 e. The molecule has 3 aromatic carbocycles. The second kappa shape index (κ2) is 8.87. The Balaban J connectivity index is 1.70. The fourth-order valence-corrected chi connectivity index (χ4v) is 2.89. The van der Waals surface area contributed by atoms with Crippen molar-refractivity contribution in [3.8, 4) is 11.1 Å². The number of anilines is 2. The monoisotopic (exact) mass is 339 g/mol. The van der Waals surface area contributed by atoms with E-state index in [1.165, 1.54) is 22.3 Å². The minimum absolute atomic E-state index is 1.05. The highest BCUT2D eigenvalue weighted by Crippen LogP contribution is 2.24. The first kappa shape index (κ1) is 17.8. The van der Waals surface area contributed by atoms with Crippen LogP contribution >= 0.6 is 0 Å². The van der Waals surface area contributed by atoms with E-state index in [0.29, 0.717) is 0 Å². The van der Waals surface area contributed by atoms with Gasteiger partial charge in [-0.2, -0.15) is 0 Å². The molecule has 1 nitrogen and oxygen atoms in total. The highest BCUT2D eigenvalue weighted by atomic mass is 14.9. The van der Waals surface area contributed by atoms with Crippen LogP contribution in [0.5, 0.6) is 0 Å². The van der Waals surface area contributed by atoms with Crippen molar-refractivity contribution in [2.45, 2.75) is 20.3 Å². The van der Waals surface area contributed by atoms with Crippen LogP contribution < -0.4 is 5.32 Å². The maximum absolute atomic E-state index is 3.47. The van der Waals surface area contributed by atoms with E-state index in [4.69, 9.17) is 0 Å². The van der Waals surface area contributed by atoms with Gasteiger partial charge in [0.2, 0.25) is 0 Å². The Labute approximate surface area is 156 Å². The zero-order chi connectivity index (χ0) is 18.2. The molecule has 0 unspecified atom stereocenters. The van der Waals surface area contributed by atoms with Gasteiger partial charge in [0.25, 0.3) is 0 Å². The van der Waals surface area contributed by atoms with E-state index in [1.54, 1.807) is 0 Å². The van der Waals surface area contributed by atoms with Crippen molar-refractivity contribution in [3.63, 3.8) is 0 Å². The molecule has 0 aromatic heterocycles. The molecule has 130 valence electrons. The topological polar surface area (TPSA) is 12.0 Å². The molecule has 0 saturated carbocycles. The summed E-state index contributed by atoms with van der Waals surface area (Å²) in [5, 5.41) is 3.47. The second-order valence-corrected chi connectivity index (χ2v) is 6.20. The van der Waals surface area contributed by atoms with E-state index in [1.807, 2.05) is 6.07 Å². The summed E-state index contributed by atoms with van der Waals surface area (Å²) in [6.45, 7) is 4.23. The molecular weight excluding hydrogens is 314 g/mol. The van der Waals surface area contributed by atoms with E-state index < -0.39 is 0 Å². The SMILES string of the molecule is C/C=C(\C=C/CC)c1ccc(Nc2ccc(-c3ccccc3)cc2)cc1. The highest BCUT2D eigenvalue weighted by Gasteiger charge is 2.00. The van der Waals surface area contributed by atoms with Crippen LogP contribution in [0, 0.1) is 0 Å². The number of nitrogens with one attached hydrogen (secondary N) is 1. The Hall–Kier alpha value is -3.06. The van der Waals surface area contributed by atoms with Crippen LogP contribution in [0.1, 0.15) is 25.8 Å². The summed E-state index contributed by atoms with van der Waals surface area (Å²) in [6, 6.07) is 27.6. The van der Waals surface area contributed by atoms with Crippen LogP contribution in [0.25, 0.3) is 16.7 Å². The molecule has 0 fully saturated rings. The molecule has 0 atom stereocenters. The molecule has 0 heterocycles. The van der Waals surface area contributed by atoms with Gasteiger partial charge in [0.05, 0.1) is 0 Å². The Morgan fingerprint density at radius 1 is 0.769 bits per heavy atom. The minimum Gasteiger partial charge on any atom is -0.356 e. The van der Waals surface area contributed by atoms with Gasteiger partial charge in [-0.05, 0) is 59.9 Å². The first-order valence-corrected chi connectivity index (χ1v) is 9.16. The number of allylic oxidation sites excluding steroid dienone is 4. The molecule has 0 radical (unpaired) electrons. The van der Waals surface area contributed by atoms with Gasteiger partial charge in [-0.3, -0.25) is 0 Å². The van der Waals surface area contributed by atoms with E-state index in [2.05, 4.69) is 110 Å². The second-order valence-electron chi connectivity index (χ2n) is 6.20. The molecule has 1 N–H and O–H groups in total. The molecule has 0 aliphatic carbocycles. The van der Waals surface area contributed by atoms with Gasteiger partial charge in [-0.15, -0.1) is 0 Å². The van der Waals surface area contributed by atoms with Crippen molar-refractivity contribution in [2.75, 3.05) is 5.32 Å². The van der Waals surface area contributed by atoms with Crippen LogP contribution in [0.15, 0.2) is 97.1 Å². The average Bonchev–Trinajstić information content (AvgIpc) is 2.71. The Morgan fingerprint density at radius 3 is 1.92 bits per heavy atom. The fraction of sp³-hybridized carbons (Fsp3) is 0.120. The lowest BCUT2D eigenvalue weighted by Crippen LogP contribution is -1.91. The maximum atomic E-state index is 3.47. The summed E-state index contributed by atoms with van der Waals surface area (Å²) >= 11 is 0. The van der Waals surface area contributed by atoms with Gasteiger partial charge in [-0.25, -0.2) is 0 Å². The molecule has 3 aromatic rings. The van der Waals surface area contributed by atoms with Crippen molar-refractivity contribution in [1.82, 2.24) is 0 Å². The lowest BCUT2D eigenvalue weighted by atomic mass is 10.0. The highest BCUT2D eigenvalue weighted by molar-refractivity contribution is 5.75. The number of hydrogen-bond donors (Lipinski definition) is 1. The smallest absolute Gasteiger partial charge is 0.0384 e. The summed E-state index contributed by atoms with van der Waals surface area (Å²) in [6.07, 6.45) is 7.58. The van der Waals surface area contributed by atoms with Gasteiger partial charge in [0.15, 0.2) is 0 Å². The third-order valence-corrected chi connectivity index (χ3v) is 4.34. The Kier molecular flexibility index (Phi) is 6.05. The van der Waals surface area contributed by atoms with Crippen LogP contribution in [-0.4, -0.2) is 0 Å². The van der Waals surface area contributed by atoms with Crippen molar-refractivity contribution < 1.29 is 0 Å². The Morgan fingerprint density at radius 2 is 1.35 bits per heavy atom. The summed E-state index contributed by atoms with van der Waals surface area (Å²) in [5.41, 5.74) is 7.15. The zero-order valence-electron chi connectivity index (χ0n) is 15.4. The molecule has 1 heteroatoms. The van der Waals surface area contributed by atoms with Crippen LogP contribution in [0.3, 0.4) is 0 Å². The van der Waals surface area contributed by atoms with Crippen LogP contribution in [0.2, 0.25) is 0 Å². The predicted molar refractivity (Wildman–Crippen MR) is 115 cm³/mol. The number of hydrogen-bond acceptors (Lipinski definition) is 1. The van der Waals surface area contributed by atoms with E-state index in [0.717, 1.165) is 17.8 Å². The number of benzene rings is 3. The van der Waals surface area contributed by atoms with E-state index >= 15 is 0 Å². The molecule has 0 saturated heterocycles. The fourth-order valence-electron chi connectivity index (χ4n) is 2.89. The van der Waals surface area contributed by atoms with Crippen molar-refractivity contribution in [2.24, 2.45) is 0 Å². The zero-order valence-corrected chi connectivity index (χ0v) is 15.4. The molecular formula is C25H25N. The average molecular weight is 339 g/mol. The van der Waals surface area contributed by atoms with E-state index in [9.17, 15) is 0 Å². The maximum Gasteiger partial charge on any atom is 0.0384 e. The molecule has 26 heavy (non-hydrogen) atoms. The quantitative estimate of drug-likeness (QED) is 0.459. The third-order valence-electron chi connectivity index (χ3n) is 4.34. The van der Waals surface area contributed by atoms with Crippen molar-refractivity contribution in [3.05, 3.63) is 103 Å². The number of rotatable bonds is 6. The molecule has 3 rings (SSSR count). The van der Waals surface area contributed by atoms with Gasteiger partial charge in [0.1, 0.15) is 0 Å². The first-order chi connectivity index (χ1) is 12.8. The Bertz CT molecular complexity index is 870. The molecule has 0 bridgehead atoms. The van der Waals surface area contributed by atoms with Crippen molar-refractivity contribution >= 4 is 16.9 Å². The third kappa shape index (κ3) is 4.52. The molecule has 0 spiro atoms. The van der Waals surface area contributed by atoms with Gasteiger partial charge in [-0.1, -0.05) is 79.7 Å². The standard InChI is InChI=1S/C25H25N/c1-3-5-9-20(4-2)22-12-16-24(17-13-22)26-25-18-14-23(15-19-25)21-10-7-6-8-11-21/h4-19,26H,3H2,1-2H3/b9-5-,20-4+. The minimum atomic E-state index is 1.05. The summed E-state index contributed by atoms with van der Waals surface area (Å²) in [5.74, 6) is 0. The molecule has 0 aliphatic heterocycles. The summed E-state index contributed by atoms with van der Waals surface area (Å²) < 4.78 is 0. The van der Waals surface area contributed by atoms with Crippen LogP contribution in [0.4, 0.5) is 11.4 Å². The lowest BCUT2D eigenvalue weighted by Gasteiger charge is -2.09. The first-order valence-electron chi connectivity index (χ1n) is 9.16. The van der Waals surface area contributed by atoms with Gasteiger partial charge in [0, 0.05) is 11.4 Å². The predicted octanol–water partition coefficient (Wildman–Crippen LogP) is 7.47. The summed E-state index contributed by atoms with van der Waals surface area (Å²) in [4.78, 5) is 0. The lowest BCUT2D eigenvalue weighted by molar-refractivity contribution is 1.22. The van der Waals surface area contributed by atoms with Crippen LogP contribution in [-0.2, 0) is 0 Å². The van der Waals surface area contributed by atoms with Gasteiger partial charge < -0.3 is 5.32 Å². The van der Waals surface area contributed by atoms with Gasteiger partial charge >= 0.3 is 0 Å². The van der Waals surface area contributed by atoms with Crippen molar-refractivity contribution in [1.29, 1.82) is 0 Å². The normalized spacial score (nSPS) is 11.7. The molecule has 0 aliphatic rings.